The van der Waals surface area contributed by atoms with E-state index in [0.29, 0.717) is 11.2 Å². The summed E-state index contributed by atoms with van der Waals surface area (Å²) in [5, 5.41) is 2.73. The minimum atomic E-state index is 0.667. The number of hydrogen-bond donors (Lipinski definition) is 0. The van der Waals surface area contributed by atoms with Crippen LogP contribution in [0.2, 0.25) is 0 Å². The van der Waals surface area contributed by atoms with Gasteiger partial charge in [0.25, 0.3) is 0 Å². The first kappa shape index (κ1) is 12.4. The zero-order valence-electron chi connectivity index (χ0n) is 9.14. The van der Waals surface area contributed by atoms with Gasteiger partial charge in [-0.15, -0.1) is 11.3 Å². The van der Waals surface area contributed by atoms with Crippen LogP contribution >= 0.6 is 49.9 Å². The van der Waals surface area contributed by atoms with Crippen LogP contribution < -0.4 is 4.74 Å². The second-order valence-corrected chi connectivity index (χ2v) is 6.29. The molecule has 0 amide bonds. The van der Waals surface area contributed by atoms with E-state index in [-0.39, 0.29) is 0 Å². The molecule has 0 bridgehead atoms. The summed E-state index contributed by atoms with van der Waals surface area (Å²) in [5.74, 6) is 1.48. The number of rotatable bonds is 3. The largest absolute Gasteiger partial charge is 0.437 e. The first-order valence-corrected chi connectivity index (χ1v) is 8.30. The van der Waals surface area contributed by atoms with Crippen LogP contribution in [-0.4, -0.2) is 9.38 Å². The highest BCUT2D eigenvalue weighted by Crippen LogP contribution is 2.29. The SMILES string of the molecule is BrCc1c(Oc2ccc(I)cc2)nc2sccn12. The Morgan fingerprint density at radius 2 is 2.11 bits per heavy atom. The van der Waals surface area contributed by atoms with Crippen LogP contribution in [0.15, 0.2) is 35.8 Å². The van der Waals surface area contributed by atoms with Gasteiger partial charge in [-0.2, -0.15) is 4.98 Å². The summed E-state index contributed by atoms with van der Waals surface area (Å²) < 4.78 is 9.07. The molecule has 0 N–H and O–H groups in total. The molecule has 1 aromatic carbocycles. The zero-order chi connectivity index (χ0) is 12.5. The lowest BCUT2D eigenvalue weighted by Crippen LogP contribution is -1.90. The molecule has 0 atom stereocenters. The summed E-state index contributed by atoms with van der Waals surface area (Å²) in [4.78, 5) is 5.44. The van der Waals surface area contributed by atoms with Crippen molar-refractivity contribution >= 4 is 54.8 Å². The van der Waals surface area contributed by atoms with Gasteiger partial charge in [-0.1, -0.05) is 15.9 Å². The fraction of sp³-hybridized carbons (Fsp3) is 0.0833. The average molecular weight is 435 g/mol. The second-order valence-electron chi connectivity index (χ2n) is 3.61. The molecule has 3 nitrogen and oxygen atoms in total. The Morgan fingerprint density at radius 1 is 1.33 bits per heavy atom. The Hall–Kier alpha value is -0.600. The summed E-state index contributed by atoms with van der Waals surface area (Å²) in [5.41, 5.74) is 1.03. The third kappa shape index (κ3) is 2.28. The van der Waals surface area contributed by atoms with Gasteiger partial charge in [-0.25, -0.2) is 0 Å². The second kappa shape index (κ2) is 5.18. The van der Waals surface area contributed by atoms with Gasteiger partial charge in [-0.05, 0) is 46.9 Å². The van der Waals surface area contributed by atoms with Crippen LogP contribution in [0.25, 0.3) is 4.96 Å². The van der Waals surface area contributed by atoms with Crippen molar-refractivity contribution in [3.8, 4) is 11.6 Å². The maximum Gasteiger partial charge on any atom is 0.243 e. The third-order valence-electron chi connectivity index (χ3n) is 2.48. The predicted octanol–water partition coefficient (Wildman–Crippen LogP) is 4.69. The van der Waals surface area contributed by atoms with Crippen LogP contribution in [0.4, 0.5) is 0 Å². The summed E-state index contributed by atoms with van der Waals surface area (Å²) in [6.07, 6.45) is 2.00. The van der Waals surface area contributed by atoms with E-state index in [4.69, 9.17) is 4.74 Å². The van der Waals surface area contributed by atoms with Crippen molar-refractivity contribution in [2.24, 2.45) is 0 Å². The number of nitrogens with zero attached hydrogens (tertiary/aromatic N) is 2. The molecule has 0 aliphatic rings. The van der Waals surface area contributed by atoms with Crippen LogP contribution in [0.5, 0.6) is 11.6 Å². The highest BCUT2D eigenvalue weighted by atomic mass is 127. The molecule has 2 aromatic heterocycles. The number of hydrogen-bond acceptors (Lipinski definition) is 3. The lowest BCUT2D eigenvalue weighted by molar-refractivity contribution is 0.461. The quantitative estimate of drug-likeness (QED) is 0.441. The molecule has 3 rings (SSSR count). The smallest absolute Gasteiger partial charge is 0.243 e. The van der Waals surface area contributed by atoms with Gasteiger partial charge < -0.3 is 4.74 Å². The molecule has 2 heterocycles. The van der Waals surface area contributed by atoms with Gasteiger partial charge in [0.15, 0.2) is 4.96 Å². The van der Waals surface area contributed by atoms with Crippen molar-refractivity contribution in [2.45, 2.75) is 5.33 Å². The minimum absolute atomic E-state index is 0.667. The number of thiazole rings is 1. The third-order valence-corrected chi connectivity index (χ3v) is 4.49. The van der Waals surface area contributed by atoms with Crippen molar-refractivity contribution in [1.82, 2.24) is 9.38 Å². The van der Waals surface area contributed by atoms with Gasteiger partial charge in [-0.3, -0.25) is 4.40 Å². The van der Waals surface area contributed by atoms with Gasteiger partial charge in [0.05, 0.1) is 5.69 Å². The molecule has 0 saturated carbocycles. The zero-order valence-corrected chi connectivity index (χ0v) is 13.7. The van der Waals surface area contributed by atoms with Gasteiger partial charge in [0.1, 0.15) is 5.75 Å². The van der Waals surface area contributed by atoms with E-state index in [2.05, 4.69) is 43.5 Å². The summed E-state index contributed by atoms with van der Waals surface area (Å²) in [7, 11) is 0. The topological polar surface area (TPSA) is 26.5 Å². The Bertz CT molecular complexity index is 677. The van der Waals surface area contributed by atoms with Crippen LogP contribution in [-0.2, 0) is 5.33 Å². The van der Waals surface area contributed by atoms with Gasteiger partial charge >= 0.3 is 0 Å². The van der Waals surface area contributed by atoms with Crippen molar-refractivity contribution < 1.29 is 4.74 Å². The Balaban J connectivity index is 1.98. The number of alkyl halides is 1. The van der Waals surface area contributed by atoms with Gasteiger partial charge in [0, 0.05) is 20.5 Å². The fourth-order valence-electron chi connectivity index (χ4n) is 1.63. The molecule has 6 heteroatoms. The maximum absolute atomic E-state index is 5.84. The van der Waals surface area contributed by atoms with E-state index in [1.54, 1.807) is 11.3 Å². The molecule has 0 unspecified atom stereocenters. The normalized spacial score (nSPS) is 11.0. The first-order chi connectivity index (χ1) is 8.78. The van der Waals surface area contributed by atoms with Crippen molar-refractivity contribution in [1.29, 1.82) is 0 Å². The van der Waals surface area contributed by atoms with Crippen LogP contribution in [0.3, 0.4) is 0 Å². The molecular weight excluding hydrogens is 427 g/mol. The summed E-state index contributed by atoms with van der Waals surface area (Å²) >= 11 is 7.35. The molecule has 0 saturated heterocycles. The molecular formula is C12H8BrIN2OS. The Labute approximate surface area is 130 Å². The van der Waals surface area contributed by atoms with Crippen molar-refractivity contribution in [2.75, 3.05) is 0 Å². The summed E-state index contributed by atoms with van der Waals surface area (Å²) in [6.45, 7) is 0. The van der Waals surface area contributed by atoms with E-state index >= 15 is 0 Å². The average Bonchev–Trinajstić information content (AvgIpc) is 2.92. The Morgan fingerprint density at radius 3 is 2.83 bits per heavy atom. The standard InChI is InChI=1S/C12H8BrIN2OS/c13-7-10-11(15-12-16(10)5-6-18-12)17-9-3-1-8(14)2-4-9/h1-6H,7H2. The Kier molecular flexibility index (Phi) is 3.58. The highest BCUT2D eigenvalue weighted by Gasteiger charge is 2.13. The minimum Gasteiger partial charge on any atom is -0.437 e. The first-order valence-electron chi connectivity index (χ1n) is 5.22. The molecule has 0 aliphatic heterocycles. The predicted molar refractivity (Wildman–Crippen MR) is 84.9 cm³/mol. The molecule has 0 spiro atoms. The van der Waals surface area contributed by atoms with E-state index < -0.39 is 0 Å². The molecule has 0 radical (unpaired) electrons. The number of aromatic nitrogens is 2. The molecule has 0 aliphatic carbocycles. The monoisotopic (exact) mass is 434 g/mol. The van der Waals surface area contributed by atoms with E-state index in [9.17, 15) is 0 Å². The molecule has 92 valence electrons. The maximum atomic E-state index is 5.84. The van der Waals surface area contributed by atoms with E-state index in [1.807, 2.05) is 40.2 Å². The number of benzene rings is 1. The molecule has 3 aromatic rings. The number of fused-ring (bicyclic) bond motifs is 1. The fourth-order valence-corrected chi connectivity index (χ4v) is 3.22. The van der Waals surface area contributed by atoms with Crippen LogP contribution in [0.1, 0.15) is 5.69 Å². The lowest BCUT2D eigenvalue weighted by Gasteiger charge is -2.04. The number of imidazole rings is 1. The van der Waals surface area contributed by atoms with E-state index in [1.165, 1.54) is 3.57 Å². The lowest BCUT2D eigenvalue weighted by atomic mass is 10.3. The van der Waals surface area contributed by atoms with Crippen molar-refractivity contribution in [3.05, 3.63) is 45.1 Å². The number of halogens is 2. The highest BCUT2D eigenvalue weighted by molar-refractivity contribution is 14.1. The summed E-state index contributed by atoms with van der Waals surface area (Å²) in [6, 6.07) is 7.94. The molecule has 0 fully saturated rings. The van der Waals surface area contributed by atoms with Gasteiger partial charge in [0.2, 0.25) is 5.88 Å². The number of ether oxygens (including phenoxy) is 1. The van der Waals surface area contributed by atoms with Crippen LogP contribution in [0, 0.1) is 3.57 Å². The van der Waals surface area contributed by atoms with Crippen molar-refractivity contribution in [3.63, 3.8) is 0 Å². The molecule has 18 heavy (non-hydrogen) atoms. The van der Waals surface area contributed by atoms with E-state index in [0.717, 1.165) is 16.4 Å².